The highest BCUT2D eigenvalue weighted by Crippen LogP contribution is 2.62. The average Bonchev–Trinajstić information content (AvgIpc) is 2.98. The van der Waals surface area contributed by atoms with Gasteiger partial charge in [-0.05, 0) is 55.7 Å². The molecule has 0 spiro atoms. The van der Waals surface area contributed by atoms with Gasteiger partial charge in [-0.25, -0.2) is 8.78 Å². The summed E-state index contributed by atoms with van der Waals surface area (Å²) in [5, 5.41) is 11.1. The van der Waals surface area contributed by atoms with E-state index in [2.05, 4.69) is 0 Å². The number of hydrogen-bond donors (Lipinski definition) is 2. The zero-order valence-corrected chi connectivity index (χ0v) is 11.7. The lowest BCUT2D eigenvalue weighted by Gasteiger charge is -2.48. The Morgan fingerprint density at radius 2 is 1.95 bits per heavy atom. The highest BCUT2D eigenvalue weighted by molar-refractivity contribution is 5.28. The van der Waals surface area contributed by atoms with Crippen LogP contribution in [0, 0.1) is 28.9 Å². The Bertz CT molecular complexity index is 511. The van der Waals surface area contributed by atoms with Crippen LogP contribution in [0.3, 0.4) is 0 Å². The summed E-state index contributed by atoms with van der Waals surface area (Å²) in [6, 6.07) is 3.29. The second-order valence-electron chi connectivity index (χ2n) is 6.67. The molecule has 4 unspecified atom stereocenters. The molecule has 0 radical (unpaired) electrons. The van der Waals surface area contributed by atoms with Gasteiger partial charge in [-0.15, -0.1) is 0 Å². The number of hydrogen-bond acceptors (Lipinski definition) is 2. The summed E-state index contributed by atoms with van der Waals surface area (Å²) in [5.74, 6) is -0.376. The van der Waals surface area contributed by atoms with Crippen molar-refractivity contribution in [2.75, 3.05) is 6.54 Å². The normalized spacial score (nSPS) is 35.2. The summed E-state index contributed by atoms with van der Waals surface area (Å²) >= 11 is 0. The van der Waals surface area contributed by atoms with E-state index in [0.717, 1.165) is 25.3 Å². The summed E-state index contributed by atoms with van der Waals surface area (Å²) in [5.41, 5.74) is 4.54. The Balaban J connectivity index is 2.05. The lowest BCUT2D eigenvalue weighted by atomic mass is 9.60. The predicted molar refractivity (Wildman–Crippen MR) is 72.9 cm³/mol. The quantitative estimate of drug-likeness (QED) is 0.895. The first-order chi connectivity index (χ1) is 9.39. The first-order valence-electron chi connectivity index (χ1n) is 7.28. The van der Waals surface area contributed by atoms with Crippen LogP contribution in [-0.4, -0.2) is 11.7 Å². The maximum atomic E-state index is 13.5. The molecule has 3 N–H and O–H groups in total. The van der Waals surface area contributed by atoms with Crippen molar-refractivity contribution in [3.05, 3.63) is 35.4 Å². The smallest absolute Gasteiger partial charge is 0.126 e. The van der Waals surface area contributed by atoms with Crippen molar-refractivity contribution >= 4 is 0 Å². The molecular formula is C16H21F2NO. The molecule has 0 saturated heterocycles. The van der Waals surface area contributed by atoms with Gasteiger partial charge >= 0.3 is 0 Å². The summed E-state index contributed by atoms with van der Waals surface area (Å²) < 4.78 is 27.0. The Hall–Kier alpha value is -1.00. The first kappa shape index (κ1) is 14.0. The fourth-order valence-electron chi connectivity index (χ4n) is 4.61. The molecule has 4 heteroatoms. The van der Waals surface area contributed by atoms with E-state index < -0.39 is 22.7 Å². The van der Waals surface area contributed by atoms with Crippen molar-refractivity contribution in [2.24, 2.45) is 23.0 Å². The van der Waals surface area contributed by atoms with Gasteiger partial charge in [0.1, 0.15) is 11.6 Å². The minimum absolute atomic E-state index is 0.299. The third-order valence-corrected chi connectivity index (χ3v) is 5.73. The fraction of sp³-hybridized carbons (Fsp3) is 0.625. The van der Waals surface area contributed by atoms with Gasteiger partial charge in [-0.2, -0.15) is 0 Å². The van der Waals surface area contributed by atoms with Gasteiger partial charge in [-0.3, -0.25) is 0 Å². The van der Waals surface area contributed by atoms with Crippen molar-refractivity contribution in [3.63, 3.8) is 0 Å². The maximum Gasteiger partial charge on any atom is 0.126 e. The molecule has 2 bridgehead atoms. The molecule has 2 aliphatic carbocycles. The number of aliphatic hydroxyl groups is 1. The van der Waals surface area contributed by atoms with E-state index in [9.17, 15) is 13.9 Å². The number of rotatable bonds is 3. The van der Waals surface area contributed by atoms with Gasteiger partial charge in [0, 0.05) is 18.0 Å². The molecule has 0 aliphatic heterocycles. The van der Waals surface area contributed by atoms with Crippen LogP contribution in [0.1, 0.15) is 38.2 Å². The van der Waals surface area contributed by atoms with E-state index in [-0.39, 0.29) is 0 Å². The summed E-state index contributed by atoms with van der Waals surface area (Å²) in [4.78, 5) is 0. The molecule has 0 aromatic heterocycles. The minimum Gasteiger partial charge on any atom is -0.385 e. The van der Waals surface area contributed by atoms with E-state index in [1.54, 1.807) is 6.92 Å². The highest BCUT2D eigenvalue weighted by Gasteiger charge is 2.59. The van der Waals surface area contributed by atoms with E-state index in [1.807, 2.05) is 0 Å². The van der Waals surface area contributed by atoms with Crippen LogP contribution in [0.5, 0.6) is 0 Å². The van der Waals surface area contributed by atoms with Gasteiger partial charge in [0.15, 0.2) is 0 Å². The van der Waals surface area contributed by atoms with E-state index >= 15 is 0 Å². The van der Waals surface area contributed by atoms with E-state index in [1.165, 1.54) is 18.6 Å². The molecule has 4 atom stereocenters. The van der Waals surface area contributed by atoms with Crippen LogP contribution >= 0.6 is 0 Å². The molecule has 110 valence electrons. The van der Waals surface area contributed by atoms with Gasteiger partial charge in [0.25, 0.3) is 0 Å². The number of halogens is 2. The lowest BCUT2D eigenvalue weighted by Crippen LogP contribution is -2.52. The minimum atomic E-state index is -1.30. The third kappa shape index (κ3) is 1.81. The van der Waals surface area contributed by atoms with Crippen molar-refractivity contribution < 1.29 is 13.9 Å². The number of fused-ring (bicyclic) bond motifs is 2. The Kier molecular flexibility index (Phi) is 3.14. The Labute approximate surface area is 118 Å². The monoisotopic (exact) mass is 281 g/mol. The second-order valence-corrected chi connectivity index (χ2v) is 6.67. The van der Waals surface area contributed by atoms with Crippen molar-refractivity contribution in [3.8, 4) is 0 Å². The Morgan fingerprint density at radius 3 is 2.40 bits per heavy atom. The average molecular weight is 281 g/mol. The summed E-state index contributed by atoms with van der Waals surface area (Å²) in [7, 11) is 0. The van der Waals surface area contributed by atoms with Crippen molar-refractivity contribution in [1.29, 1.82) is 0 Å². The van der Waals surface area contributed by atoms with Crippen molar-refractivity contribution in [1.82, 2.24) is 0 Å². The molecule has 2 aliphatic rings. The van der Waals surface area contributed by atoms with Gasteiger partial charge in [0.2, 0.25) is 0 Å². The zero-order chi connectivity index (χ0) is 14.5. The standard InChI is InChI=1S/C16H21F2NO/c1-15(20,12-5-13(17)7-14(18)6-12)16(9-19)8-10-2-3-11(16)4-10/h5-7,10-11,20H,2-4,8-9,19H2,1H3. The molecular weight excluding hydrogens is 260 g/mol. The zero-order valence-electron chi connectivity index (χ0n) is 11.7. The summed E-state index contributed by atoms with van der Waals surface area (Å²) in [6.45, 7) is 2.01. The highest BCUT2D eigenvalue weighted by atomic mass is 19.1. The molecule has 0 amide bonds. The molecule has 2 nitrogen and oxygen atoms in total. The molecule has 1 aromatic carbocycles. The third-order valence-electron chi connectivity index (χ3n) is 5.73. The van der Waals surface area contributed by atoms with Crippen LogP contribution < -0.4 is 5.73 Å². The number of nitrogens with two attached hydrogens (primary N) is 1. The fourth-order valence-corrected chi connectivity index (χ4v) is 4.61. The van der Waals surface area contributed by atoms with Crippen LogP contribution in [0.25, 0.3) is 0 Å². The second kappa shape index (κ2) is 4.50. The molecule has 20 heavy (non-hydrogen) atoms. The Morgan fingerprint density at radius 1 is 1.30 bits per heavy atom. The van der Waals surface area contributed by atoms with E-state index in [4.69, 9.17) is 5.73 Å². The van der Waals surface area contributed by atoms with Gasteiger partial charge in [-0.1, -0.05) is 6.42 Å². The maximum absolute atomic E-state index is 13.5. The lowest BCUT2D eigenvalue weighted by molar-refractivity contribution is -0.103. The van der Waals surface area contributed by atoms with Crippen LogP contribution in [-0.2, 0) is 5.60 Å². The predicted octanol–water partition coefficient (Wildman–Crippen LogP) is 2.94. The van der Waals surface area contributed by atoms with Gasteiger partial charge in [0.05, 0.1) is 5.60 Å². The van der Waals surface area contributed by atoms with Crippen LogP contribution in [0.2, 0.25) is 0 Å². The van der Waals surface area contributed by atoms with Gasteiger partial charge < -0.3 is 10.8 Å². The van der Waals surface area contributed by atoms with Crippen LogP contribution in [0.15, 0.2) is 18.2 Å². The molecule has 3 rings (SSSR count). The largest absolute Gasteiger partial charge is 0.385 e. The van der Waals surface area contributed by atoms with E-state index in [0.29, 0.717) is 23.9 Å². The molecule has 1 aromatic rings. The molecule has 2 saturated carbocycles. The van der Waals surface area contributed by atoms with Crippen molar-refractivity contribution in [2.45, 2.75) is 38.2 Å². The summed E-state index contributed by atoms with van der Waals surface area (Å²) in [6.07, 6.45) is 4.15. The molecule has 0 heterocycles. The SMILES string of the molecule is CC(O)(c1cc(F)cc(F)c1)C1(CN)CC2CCC1C2. The van der Waals surface area contributed by atoms with Crippen LogP contribution in [0.4, 0.5) is 8.78 Å². The topological polar surface area (TPSA) is 46.2 Å². The number of benzene rings is 1. The molecule has 2 fully saturated rings. The first-order valence-corrected chi connectivity index (χ1v) is 7.28.